The molecule has 0 fully saturated rings. The van der Waals surface area contributed by atoms with E-state index in [9.17, 15) is 19.2 Å². The number of para-hydroxylation sites is 1. The van der Waals surface area contributed by atoms with Crippen molar-refractivity contribution in [3.63, 3.8) is 0 Å². The Morgan fingerprint density at radius 2 is 1.50 bits per heavy atom. The summed E-state index contributed by atoms with van der Waals surface area (Å²) in [7, 11) is 0. The molecule has 3 rings (SSSR count). The van der Waals surface area contributed by atoms with E-state index in [-0.39, 0.29) is 17.0 Å². The summed E-state index contributed by atoms with van der Waals surface area (Å²) in [6.07, 6.45) is -1.05. The Balaban J connectivity index is 1.64. The molecule has 144 valence electrons. The highest BCUT2D eigenvalue weighted by atomic mass is 16.5. The third-order valence-corrected chi connectivity index (χ3v) is 4.47. The van der Waals surface area contributed by atoms with Crippen molar-refractivity contribution in [2.75, 3.05) is 18.0 Å². The Morgan fingerprint density at radius 3 is 2.04 bits per heavy atom. The number of likely N-dealkylation sites (N-methyl/N-ethyl adjacent to an activating group) is 1. The summed E-state index contributed by atoms with van der Waals surface area (Å²) in [5.74, 6) is -2.30. The molecule has 0 spiro atoms. The van der Waals surface area contributed by atoms with Gasteiger partial charge in [0.25, 0.3) is 17.7 Å². The van der Waals surface area contributed by atoms with Crippen molar-refractivity contribution in [1.29, 1.82) is 0 Å². The van der Waals surface area contributed by atoms with Crippen molar-refractivity contribution in [1.82, 2.24) is 4.90 Å². The molecule has 7 nitrogen and oxygen atoms in total. The van der Waals surface area contributed by atoms with Crippen LogP contribution in [0.1, 0.15) is 34.6 Å². The van der Waals surface area contributed by atoms with Crippen LogP contribution in [0.4, 0.5) is 5.69 Å². The Kier molecular flexibility index (Phi) is 5.54. The number of esters is 1. The molecular formula is C21H20N2O5. The van der Waals surface area contributed by atoms with Gasteiger partial charge in [0.1, 0.15) is 6.54 Å². The summed E-state index contributed by atoms with van der Waals surface area (Å²) >= 11 is 0. The van der Waals surface area contributed by atoms with Crippen molar-refractivity contribution >= 4 is 29.4 Å². The third-order valence-electron chi connectivity index (χ3n) is 4.47. The molecule has 1 atom stereocenters. The maximum absolute atomic E-state index is 12.7. The molecule has 0 unspecified atom stereocenters. The summed E-state index contributed by atoms with van der Waals surface area (Å²) < 4.78 is 5.20. The van der Waals surface area contributed by atoms with E-state index in [1.165, 1.54) is 24.0 Å². The van der Waals surface area contributed by atoms with Gasteiger partial charge in [-0.2, -0.15) is 0 Å². The molecule has 0 bridgehead atoms. The lowest BCUT2D eigenvalue weighted by atomic mass is 10.1. The number of anilines is 1. The highest BCUT2D eigenvalue weighted by Gasteiger charge is 2.37. The van der Waals surface area contributed by atoms with Gasteiger partial charge < -0.3 is 9.64 Å². The minimum atomic E-state index is -1.05. The quantitative estimate of drug-likeness (QED) is 0.567. The van der Waals surface area contributed by atoms with Crippen LogP contribution >= 0.6 is 0 Å². The van der Waals surface area contributed by atoms with Crippen LogP contribution in [0.2, 0.25) is 0 Å². The fourth-order valence-electron chi connectivity index (χ4n) is 3.09. The van der Waals surface area contributed by atoms with Gasteiger partial charge in [-0.05, 0) is 38.1 Å². The molecule has 2 aromatic carbocycles. The monoisotopic (exact) mass is 380 g/mol. The lowest BCUT2D eigenvalue weighted by molar-refractivity contribution is -0.154. The average molecular weight is 380 g/mol. The minimum absolute atomic E-state index is 0.255. The molecule has 1 heterocycles. The first-order valence-electron chi connectivity index (χ1n) is 8.95. The van der Waals surface area contributed by atoms with Crippen LogP contribution in [-0.2, 0) is 14.3 Å². The van der Waals surface area contributed by atoms with Crippen LogP contribution in [0.15, 0.2) is 54.6 Å². The van der Waals surface area contributed by atoms with Gasteiger partial charge in [-0.3, -0.25) is 24.1 Å². The van der Waals surface area contributed by atoms with Gasteiger partial charge >= 0.3 is 5.97 Å². The summed E-state index contributed by atoms with van der Waals surface area (Å²) in [6, 6.07) is 15.4. The van der Waals surface area contributed by atoms with Crippen LogP contribution in [0.25, 0.3) is 0 Å². The van der Waals surface area contributed by atoms with Crippen LogP contribution in [0.5, 0.6) is 0 Å². The number of hydrogen-bond acceptors (Lipinski definition) is 5. The zero-order valence-corrected chi connectivity index (χ0v) is 15.6. The molecule has 0 N–H and O–H groups in total. The van der Waals surface area contributed by atoms with Crippen molar-refractivity contribution in [2.24, 2.45) is 0 Å². The third kappa shape index (κ3) is 3.64. The number of rotatable bonds is 6. The zero-order valence-electron chi connectivity index (χ0n) is 15.6. The number of hydrogen-bond donors (Lipinski definition) is 0. The second-order valence-electron chi connectivity index (χ2n) is 6.29. The molecular weight excluding hydrogens is 360 g/mol. The maximum Gasteiger partial charge on any atom is 0.326 e. The van der Waals surface area contributed by atoms with Gasteiger partial charge in [-0.25, -0.2) is 0 Å². The van der Waals surface area contributed by atoms with Gasteiger partial charge in [-0.1, -0.05) is 30.3 Å². The Labute approximate surface area is 162 Å². The zero-order chi connectivity index (χ0) is 20.3. The van der Waals surface area contributed by atoms with Crippen LogP contribution < -0.4 is 4.90 Å². The standard InChI is InChI=1S/C21H20N2O5/c1-3-22(15-9-5-4-6-10-15)19(25)14(2)28-18(24)13-23-20(26)16-11-7-8-12-17(16)21(23)27/h4-12,14H,3,13H2,1-2H3/t14-/m0/s1. The van der Waals surface area contributed by atoms with E-state index in [0.717, 1.165) is 4.90 Å². The second-order valence-corrected chi connectivity index (χ2v) is 6.29. The number of benzene rings is 2. The molecule has 0 aliphatic carbocycles. The van der Waals surface area contributed by atoms with Crippen LogP contribution in [-0.4, -0.2) is 47.8 Å². The SMILES string of the molecule is CCN(C(=O)[C@H](C)OC(=O)CN1C(=O)c2ccccc2C1=O)c1ccccc1. The predicted molar refractivity (Wildman–Crippen MR) is 102 cm³/mol. The normalized spacial score (nSPS) is 13.9. The number of carbonyl (C=O) groups excluding carboxylic acids is 4. The number of nitrogens with zero attached hydrogens (tertiary/aromatic N) is 2. The molecule has 1 aliphatic rings. The fourth-order valence-corrected chi connectivity index (χ4v) is 3.09. The molecule has 0 saturated heterocycles. The number of imide groups is 1. The Morgan fingerprint density at radius 1 is 0.964 bits per heavy atom. The highest BCUT2D eigenvalue weighted by Crippen LogP contribution is 2.22. The van der Waals surface area contributed by atoms with E-state index in [2.05, 4.69) is 0 Å². The molecule has 28 heavy (non-hydrogen) atoms. The molecule has 2 aromatic rings. The van der Waals surface area contributed by atoms with Crippen LogP contribution in [0.3, 0.4) is 0 Å². The molecule has 7 heteroatoms. The molecule has 0 radical (unpaired) electrons. The molecule has 1 aliphatic heterocycles. The van der Waals surface area contributed by atoms with E-state index in [0.29, 0.717) is 12.2 Å². The largest absolute Gasteiger partial charge is 0.451 e. The second kappa shape index (κ2) is 8.04. The van der Waals surface area contributed by atoms with E-state index in [1.807, 2.05) is 25.1 Å². The van der Waals surface area contributed by atoms with Gasteiger partial charge in [-0.15, -0.1) is 0 Å². The lowest BCUT2D eigenvalue weighted by Gasteiger charge is -2.24. The first-order valence-corrected chi connectivity index (χ1v) is 8.95. The van der Waals surface area contributed by atoms with Gasteiger partial charge in [0.15, 0.2) is 6.10 Å². The van der Waals surface area contributed by atoms with Crippen molar-refractivity contribution in [3.8, 4) is 0 Å². The van der Waals surface area contributed by atoms with E-state index in [1.54, 1.807) is 24.3 Å². The van der Waals surface area contributed by atoms with E-state index < -0.39 is 30.4 Å². The molecule has 0 saturated carbocycles. The average Bonchev–Trinajstić information content (AvgIpc) is 2.94. The molecule has 0 aromatic heterocycles. The summed E-state index contributed by atoms with van der Waals surface area (Å²) in [4.78, 5) is 51.9. The fraction of sp³-hybridized carbons (Fsp3) is 0.238. The number of ether oxygens (including phenoxy) is 1. The van der Waals surface area contributed by atoms with Crippen molar-refractivity contribution in [2.45, 2.75) is 20.0 Å². The van der Waals surface area contributed by atoms with Crippen molar-refractivity contribution < 1.29 is 23.9 Å². The summed E-state index contributed by atoms with van der Waals surface area (Å²) in [6.45, 7) is 3.15. The Hall–Kier alpha value is -3.48. The first-order chi connectivity index (χ1) is 13.4. The highest BCUT2D eigenvalue weighted by molar-refractivity contribution is 6.22. The van der Waals surface area contributed by atoms with E-state index >= 15 is 0 Å². The summed E-state index contributed by atoms with van der Waals surface area (Å²) in [5.41, 5.74) is 1.20. The topological polar surface area (TPSA) is 84.0 Å². The van der Waals surface area contributed by atoms with Gasteiger partial charge in [0.05, 0.1) is 11.1 Å². The van der Waals surface area contributed by atoms with E-state index in [4.69, 9.17) is 4.74 Å². The van der Waals surface area contributed by atoms with Crippen LogP contribution in [0, 0.1) is 0 Å². The minimum Gasteiger partial charge on any atom is -0.451 e. The number of carbonyl (C=O) groups is 4. The predicted octanol–water partition coefficient (Wildman–Crippen LogP) is 2.27. The Bertz CT molecular complexity index is 890. The first kappa shape index (κ1) is 19.3. The molecule has 3 amide bonds. The lowest BCUT2D eigenvalue weighted by Crippen LogP contribution is -2.42. The van der Waals surface area contributed by atoms with Gasteiger partial charge in [0, 0.05) is 12.2 Å². The maximum atomic E-state index is 12.7. The number of amides is 3. The number of fused-ring (bicyclic) bond motifs is 1. The summed E-state index contributed by atoms with van der Waals surface area (Å²) in [5, 5.41) is 0. The van der Waals surface area contributed by atoms with Gasteiger partial charge in [0.2, 0.25) is 0 Å². The smallest absolute Gasteiger partial charge is 0.326 e. The van der Waals surface area contributed by atoms with Crippen molar-refractivity contribution in [3.05, 3.63) is 65.7 Å².